The Hall–Kier alpha value is -2.82. The zero-order chi connectivity index (χ0) is 19.1. The summed E-state index contributed by atoms with van der Waals surface area (Å²) in [5, 5.41) is 2.81. The van der Waals surface area contributed by atoms with Gasteiger partial charge < -0.3 is 15.1 Å². The van der Waals surface area contributed by atoms with Crippen LogP contribution in [0.3, 0.4) is 0 Å². The van der Waals surface area contributed by atoms with E-state index in [1.165, 1.54) is 24.1 Å². The second kappa shape index (κ2) is 9.21. The summed E-state index contributed by atoms with van der Waals surface area (Å²) in [7, 11) is 1.82. The van der Waals surface area contributed by atoms with E-state index >= 15 is 0 Å². The highest BCUT2D eigenvalue weighted by atomic mass is 16.2. The Morgan fingerprint density at radius 1 is 1.00 bits per heavy atom. The van der Waals surface area contributed by atoms with Crippen LogP contribution in [0.4, 0.5) is 5.69 Å². The molecule has 2 aromatic carbocycles. The van der Waals surface area contributed by atoms with Gasteiger partial charge in [0.1, 0.15) is 0 Å². The summed E-state index contributed by atoms with van der Waals surface area (Å²) in [6, 6.07) is 17.3. The standard InChI is InChI=1S/C22H27N3O2/c1-24(17-19-11-5-6-12-20(19)25-15-7-8-16-25)21(26)13-14-23-22(27)18-9-3-2-4-10-18/h2-6,9-12H,7-8,13-17H2,1H3,(H,23,27). The number of amides is 2. The molecule has 0 aliphatic carbocycles. The van der Waals surface area contributed by atoms with E-state index in [1.54, 1.807) is 17.0 Å². The molecule has 1 fully saturated rings. The van der Waals surface area contributed by atoms with E-state index in [1.807, 2.05) is 31.3 Å². The maximum atomic E-state index is 12.5. The van der Waals surface area contributed by atoms with Crippen LogP contribution in [0.1, 0.15) is 35.2 Å². The lowest BCUT2D eigenvalue weighted by molar-refractivity contribution is -0.130. The Labute approximate surface area is 161 Å². The van der Waals surface area contributed by atoms with Gasteiger partial charge in [0.05, 0.1) is 0 Å². The van der Waals surface area contributed by atoms with Gasteiger partial charge in [-0.25, -0.2) is 0 Å². The van der Waals surface area contributed by atoms with E-state index < -0.39 is 0 Å². The van der Waals surface area contributed by atoms with E-state index in [0.717, 1.165) is 13.1 Å². The minimum atomic E-state index is -0.148. The first kappa shape index (κ1) is 19.0. The van der Waals surface area contributed by atoms with Crippen LogP contribution < -0.4 is 10.2 Å². The van der Waals surface area contributed by atoms with Crippen LogP contribution in [0, 0.1) is 0 Å². The van der Waals surface area contributed by atoms with Crippen molar-refractivity contribution in [3.8, 4) is 0 Å². The van der Waals surface area contributed by atoms with Crippen molar-refractivity contribution in [1.82, 2.24) is 10.2 Å². The molecule has 1 aliphatic heterocycles. The Morgan fingerprint density at radius 2 is 1.67 bits per heavy atom. The molecule has 0 atom stereocenters. The summed E-state index contributed by atoms with van der Waals surface area (Å²) in [5.74, 6) is -0.120. The number of hydrogen-bond acceptors (Lipinski definition) is 3. The first-order chi connectivity index (χ1) is 13.1. The second-order valence-electron chi connectivity index (χ2n) is 6.94. The molecule has 27 heavy (non-hydrogen) atoms. The molecule has 1 aliphatic rings. The minimum absolute atomic E-state index is 0.0274. The minimum Gasteiger partial charge on any atom is -0.371 e. The molecule has 1 saturated heterocycles. The predicted molar refractivity (Wildman–Crippen MR) is 108 cm³/mol. The lowest BCUT2D eigenvalue weighted by Crippen LogP contribution is -2.32. The normalized spacial score (nSPS) is 13.4. The van der Waals surface area contributed by atoms with Crippen molar-refractivity contribution >= 4 is 17.5 Å². The molecule has 1 N–H and O–H groups in total. The molecule has 0 bridgehead atoms. The fourth-order valence-corrected chi connectivity index (χ4v) is 3.42. The number of nitrogens with one attached hydrogen (secondary N) is 1. The number of anilines is 1. The zero-order valence-corrected chi connectivity index (χ0v) is 15.9. The highest BCUT2D eigenvalue weighted by Gasteiger charge is 2.17. The Balaban J connectivity index is 1.50. The van der Waals surface area contributed by atoms with Crippen LogP contribution in [0.5, 0.6) is 0 Å². The third-order valence-corrected chi connectivity index (χ3v) is 4.93. The van der Waals surface area contributed by atoms with Gasteiger partial charge in [0.2, 0.25) is 5.91 Å². The van der Waals surface area contributed by atoms with Crippen molar-refractivity contribution in [3.05, 3.63) is 65.7 Å². The number of benzene rings is 2. The first-order valence-corrected chi connectivity index (χ1v) is 9.55. The van der Waals surface area contributed by atoms with E-state index in [0.29, 0.717) is 25.1 Å². The van der Waals surface area contributed by atoms with Crippen LogP contribution in [-0.2, 0) is 11.3 Å². The molecule has 0 radical (unpaired) electrons. The summed E-state index contributed by atoms with van der Waals surface area (Å²) in [6.07, 6.45) is 2.75. The molecule has 0 unspecified atom stereocenters. The Kier molecular flexibility index (Phi) is 6.47. The van der Waals surface area contributed by atoms with E-state index in [4.69, 9.17) is 0 Å². The van der Waals surface area contributed by atoms with Gasteiger partial charge in [-0.1, -0.05) is 36.4 Å². The SMILES string of the molecule is CN(Cc1ccccc1N1CCCC1)C(=O)CCNC(=O)c1ccccc1. The fourth-order valence-electron chi connectivity index (χ4n) is 3.42. The molecule has 142 valence electrons. The van der Waals surface area contributed by atoms with Gasteiger partial charge in [0.15, 0.2) is 0 Å². The number of carbonyl (C=O) groups is 2. The fraction of sp³-hybridized carbons (Fsp3) is 0.364. The first-order valence-electron chi connectivity index (χ1n) is 9.55. The predicted octanol–water partition coefficient (Wildman–Crippen LogP) is 3.07. The molecule has 5 heteroatoms. The smallest absolute Gasteiger partial charge is 0.251 e. The highest BCUT2D eigenvalue weighted by molar-refractivity contribution is 5.94. The lowest BCUT2D eigenvalue weighted by atomic mass is 10.1. The van der Waals surface area contributed by atoms with Crippen LogP contribution in [-0.4, -0.2) is 43.4 Å². The molecule has 3 rings (SSSR count). The number of carbonyl (C=O) groups excluding carboxylic acids is 2. The van der Waals surface area contributed by atoms with Gasteiger partial charge in [-0.2, -0.15) is 0 Å². The van der Waals surface area contributed by atoms with E-state index in [9.17, 15) is 9.59 Å². The number of nitrogens with zero attached hydrogens (tertiary/aromatic N) is 2. The number of para-hydroxylation sites is 1. The van der Waals surface area contributed by atoms with Crippen LogP contribution in [0.15, 0.2) is 54.6 Å². The van der Waals surface area contributed by atoms with Crippen LogP contribution in [0.2, 0.25) is 0 Å². The monoisotopic (exact) mass is 365 g/mol. The van der Waals surface area contributed by atoms with Crippen molar-refractivity contribution in [1.29, 1.82) is 0 Å². The van der Waals surface area contributed by atoms with Crippen LogP contribution in [0.25, 0.3) is 0 Å². The third-order valence-electron chi connectivity index (χ3n) is 4.93. The van der Waals surface area contributed by atoms with Crippen molar-refractivity contribution in [3.63, 3.8) is 0 Å². The molecule has 2 amide bonds. The molecule has 0 saturated carbocycles. The van der Waals surface area contributed by atoms with E-state index in [2.05, 4.69) is 28.4 Å². The molecule has 1 heterocycles. The van der Waals surface area contributed by atoms with Crippen molar-refractivity contribution < 1.29 is 9.59 Å². The van der Waals surface area contributed by atoms with Crippen molar-refractivity contribution in [2.75, 3.05) is 31.6 Å². The summed E-state index contributed by atoms with van der Waals surface area (Å²) >= 11 is 0. The second-order valence-corrected chi connectivity index (χ2v) is 6.94. The third kappa shape index (κ3) is 5.09. The summed E-state index contributed by atoms with van der Waals surface area (Å²) < 4.78 is 0. The molecular formula is C22H27N3O2. The van der Waals surface area contributed by atoms with Gasteiger partial charge in [-0.3, -0.25) is 9.59 Å². The number of rotatable bonds is 7. The topological polar surface area (TPSA) is 52.6 Å². The van der Waals surface area contributed by atoms with Crippen molar-refractivity contribution in [2.24, 2.45) is 0 Å². The van der Waals surface area contributed by atoms with Gasteiger partial charge in [-0.05, 0) is 36.6 Å². The Morgan fingerprint density at radius 3 is 2.41 bits per heavy atom. The molecular weight excluding hydrogens is 338 g/mol. The lowest BCUT2D eigenvalue weighted by Gasteiger charge is -2.24. The quantitative estimate of drug-likeness (QED) is 0.820. The van der Waals surface area contributed by atoms with E-state index in [-0.39, 0.29) is 11.8 Å². The Bertz CT molecular complexity index is 770. The maximum absolute atomic E-state index is 12.5. The largest absolute Gasteiger partial charge is 0.371 e. The highest BCUT2D eigenvalue weighted by Crippen LogP contribution is 2.25. The zero-order valence-electron chi connectivity index (χ0n) is 15.9. The van der Waals surface area contributed by atoms with Crippen LogP contribution >= 0.6 is 0 Å². The van der Waals surface area contributed by atoms with Crippen molar-refractivity contribution in [2.45, 2.75) is 25.8 Å². The number of hydrogen-bond donors (Lipinski definition) is 1. The molecule has 2 aromatic rings. The average Bonchev–Trinajstić information content (AvgIpc) is 3.23. The summed E-state index contributed by atoms with van der Waals surface area (Å²) in [5.41, 5.74) is 3.01. The molecule has 5 nitrogen and oxygen atoms in total. The average molecular weight is 365 g/mol. The van der Waals surface area contributed by atoms with Gasteiger partial charge in [-0.15, -0.1) is 0 Å². The molecule has 0 spiro atoms. The summed E-state index contributed by atoms with van der Waals surface area (Å²) in [4.78, 5) is 28.6. The summed E-state index contributed by atoms with van der Waals surface area (Å²) in [6.45, 7) is 3.09. The van der Waals surface area contributed by atoms with Gasteiger partial charge in [0.25, 0.3) is 5.91 Å². The molecule has 0 aromatic heterocycles. The maximum Gasteiger partial charge on any atom is 0.251 e. The van der Waals surface area contributed by atoms with Gasteiger partial charge >= 0.3 is 0 Å². The van der Waals surface area contributed by atoms with Gasteiger partial charge in [0, 0.05) is 50.9 Å².